The lowest BCUT2D eigenvalue weighted by Gasteiger charge is -2.36. The van der Waals surface area contributed by atoms with E-state index in [1.807, 2.05) is 24.3 Å². The molecule has 0 aliphatic carbocycles. The summed E-state index contributed by atoms with van der Waals surface area (Å²) in [6, 6.07) is 18.5. The number of carbonyl (C=O) groups is 1. The van der Waals surface area contributed by atoms with Crippen LogP contribution in [0.4, 0.5) is 0 Å². The second kappa shape index (κ2) is 8.58. The summed E-state index contributed by atoms with van der Waals surface area (Å²) in [6.07, 6.45) is 5.57. The van der Waals surface area contributed by atoms with E-state index >= 15 is 0 Å². The molecule has 2 saturated heterocycles. The SMILES string of the molecule is N#Cc1ccccc1-c1ccc(CN2CCCCC2C(=O)N2CCCC2)cc1. The van der Waals surface area contributed by atoms with E-state index in [4.69, 9.17) is 0 Å². The van der Waals surface area contributed by atoms with Gasteiger partial charge in [0.05, 0.1) is 17.7 Å². The summed E-state index contributed by atoms with van der Waals surface area (Å²) in [6.45, 7) is 3.65. The Balaban J connectivity index is 1.48. The fourth-order valence-corrected chi connectivity index (χ4v) is 4.46. The normalized spacial score (nSPS) is 20.1. The fraction of sp³-hybridized carbons (Fsp3) is 0.417. The molecule has 4 rings (SSSR count). The zero-order valence-electron chi connectivity index (χ0n) is 16.3. The number of rotatable bonds is 4. The van der Waals surface area contributed by atoms with Crippen LogP contribution in [0.3, 0.4) is 0 Å². The van der Waals surface area contributed by atoms with E-state index in [0.717, 1.165) is 69.4 Å². The topological polar surface area (TPSA) is 47.3 Å². The minimum absolute atomic E-state index is 0.0332. The van der Waals surface area contributed by atoms with Crippen molar-refractivity contribution in [3.05, 3.63) is 59.7 Å². The molecular formula is C24H27N3O. The molecule has 4 heteroatoms. The molecule has 2 heterocycles. The van der Waals surface area contributed by atoms with Crippen molar-refractivity contribution in [2.75, 3.05) is 19.6 Å². The highest BCUT2D eigenvalue weighted by atomic mass is 16.2. The maximum atomic E-state index is 13.0. The molecular weight excluding hydrogens is 346 g/mol. The van der Waals surface area contributed by atoms with E-state index in [0.29, 0.717) is 11.5 Å². The van der Waals surface area contributed by atoms with Gasteiger partial charge in [-0.25, -0.2) is 0 Å². The lowest BCUT2D eigenvalue weighted by atomic mass is 9.97. The van der Waals surface area contributed by atoms with Gasteiger partial charge in [0.15, 0.2) is 0 Å². The van der Waals surface area contributed by atoms with Crippen LogP contribution in [0.5, 0.6) is 0 Å². The van der Waals surface area contributed by atoms with E-state index in [2.05, 4.69) is 40.1 Å². The van der Waals surface area contributed by atoms with Gasteiger partial charge in [0, 0.05) is 19.6 Å². The maximum Gasteiger partial charge on any atom is 0.239 e. The molecule has 2 aliphatic rings. The molecule has 2 aliphatic heterocycles. The molecule has 0 radical (unpaired) electrons. The molecule has 4 nitrogen and oxygen atoms in total. The first-order valence-corrected chi connectivity index (χ1v) is 10.4. The van der Waals surface area contributed by atoms with Gasteiger partial charge in [0.25, 0.3) is 0 Å². The van der Waals surface area contributed by atoms with Crippen LogP contribution >= 0.6 is 0 Å². The Morgan fingerprint density at radius 1 is 0.964 bits per heavy atom. The number of likely N-dealkylation sites (tertiary alicyclic amines) is 2. The van der Waals surface area contributed by atoms with Crippen molar-refractivity contribution in [1.29, 1.82) is 5.26 Å². The average Bonchev–Trinajstić information content (AvgIpc) is 3.29. The minimum atomic E-state index is 0.0332. The molecule has 0 saturated carbocycles. The van der Waals surface area contributed by atoms with Crippen molar-refractivity contribution < 1.29 is 4.79 Å². The zero-order chi connectivity index (χ0) is 19.3. The van der Waals surface area contributed by atoms with Crippen LogP contribution in [-0.4, -0.2) is 41.4 Å². The summed E-state index contributed by atoms with van der Waals surface area (Å²) >= 11 is 0. The Morgan fingerprint density at radius 3 is 2.43 bits per heavy atom. The van der Waals surface area contributed by atoms with Gasteiger partial charge in [-0.05, 0) is 55.0 Å². The quantitative estimate of drug-likeness (QED) is 0.807. The summed E-state index contributed by atoms with van der Waals surface area (Å²) in [7, 11) is 0. The first-order chi connectivity index (χ1) is 13.8. The lowest BCUT2D eigenvalue weighted by molar-refractivity contribution is -0.137. The number of nitrogens with zero attached hydrogens (tertiary/aromatic N) is 3. The highest BCUT2D eigenvalue weighted by Gasteiger charge is 2.32. The molecule has 2 aromatic carbocycles. The zero-order valence-corrected chi connectivity index (χ0v) is 16.3. The van der Waals surface area contributed by atoms with Crippen LogP contribution in [0.1, 0.15) is 43.2 Å². The Hall–Kier alpha value is -2.64. The average molecular weight is 374 g/mol. The summed E-state index contributed by atoms with van der Waals surface area (Å²) in [5.74, 6) is 0.330. The largest absolute Gasteiger partial charge is 0.341 e. The number of benzene rings is 2. The van der Waals surface area contributed by atoms with Crippen LogP contribution in [-0.2, 0) is 11.3 Å². The van der Waals surface area contributed by atoms with Crippen LogP contribution in [0, 0.1) is 11.3 Å². The fourth-order valence-electron chi connectivity index (χ4n) is 4.46. The van der Waals surface area contributed by atoms with E-state index in [-0.39, 0.29) is 6.04 Å². The van der Waals surface area contributed by atoms with Crippen molar-refractivity contribution in [2.45, 2.75) is 44.7 Å². The third kappa shape index (κ3) is 3.95. The van der Waals surface area contributed by atoms with Gasteiger partial charge in [-0.3, -0.25) is 9.69 Å². The molecule has 2 fully saturated rings. The smallest absolute Gasteiger partial charge is 0.239 e. The minimum Gasteiger partial charge on any atom is -0.341 e. The molecule has 2 aromatic rings. The van der Waals surface area contributed by atoms with Crippen molar-refractivity contribution >= 4 is 5.91 Å². The standard InChI is InChI=1S/C24H27N3O/c25-17-21-7-1-2-8-22(21)20-12-10-19(11-13-20)18-27-16-4-3-9-23(27)24(28)26-14-5-6-15-26/h1-2,7-8,10-13,23H,3-6,9,14-16,18H2. The Morgan fingerprint density at radius 2 is 1.68 bits per heavy atom. The van der Waals surface area contributed by atoms with Crippen molar-refractivity contribution in [3.63, 3.8) is 0 Å². The van der Waals surface area contributed by atoms with Crippen molar-refractivity contribution in [2.24, 2.45) is 0 Å². The lowest BCUT2D eigenvalue weighted by Crippen LogP contribution is -2.49. The maximum absolute atomic E-state index is 13.0. The highest BCUT2D eigenvalue weighted by molar-refractivity contribution is 5.82. The predicted octanol–water partition coefficient (Wildman–Crippen LogP) is 4.20. The monoisotopic (exact) mass is 373 g/mol. The summed E-state index contributed by atoms with van der Waals surface area (Å²) < 4.78 is 0. The van der Waals surface area contributed by atoms with Gasteiger partial charge >= 0.3 is 0 Å². The van der Waals surface area contributed by atoms with Crippen LogP contribution in [0.25, 0.3) is 11.1 Å². The molecule has 144 valence electrons. The second-order valence-corrected chi connectivity index (χ2v) is 7.87. The molecule has 1 unspecified atom stereocenters. The third-order valence-corrected chi connectivity index (χ3v) is 6.01. The predicted molar refractivity (Wildman–Crippen MR) is 110 cm³/mol. The molecule has 0 aromatic heterocycles. The van der Waals surface area contributed by atoms with Crippen LogP contribution in [0.2, 0.25) is 0 Å². The van der Waals surface area contributed by atoms with E-state index in [1.165, 1.54) is 5.56 Å². The van der Waals surface area contributed by atoms with Gasteiger partial charge in [0.1, 0.15) is 0 Å². The van der Waals surface area contributed by atoms with E-state index < -0.39 is 0 Å². The number of carbonyl (C=O) groups excluding carboxylic acids is 1. The molecule has 0 N–H and O–H groups in total. The van der Waals surface area contributed by atoms with Gasteiger partial charge in [-0.15, -0.1) is 0 Å². The van der Waals surface area contributed by atoms with E-state index in [1.54, 1.807) is 0 Å². The summed E-state index contributed by atoms with van der Waals surface area (Å²) in [5, 5.41) is 9.33. The van der Waals surface area contributed by atoms with Crippen LogP contribution < -0.4 is 0 Å². The second-order valence-electron chi connectivity index (χ2n) is 7.87. The number of hydrogen-bond acceptors (Lipinski definition) is 3. The third-order valence-electron chi connectivity index (χ3n) is 6.01. The van der Waals surface area contributed by atoms with Crippen molar-refractivity contribution in [1.82, 2.24) is 9.80 Å². The Kier molecular flexibility index (Phi) is 5.73. The Labute approximate surface area is 167 Å². The molecule has 0 bridgehead atoms. The molecule has 0 spiro atoms. The first kappa shape index (κ1) is 18.7. The number of amides is 1. The van der Waals surface area contributed by atoms with Gasteiger partial charge in [-0.1, -0.05) is 48.9 Å². The summed E-state index contributed by atoms with van der Waals surface area (Å²) in [5.41, 5.74) is 3.95. The molecule has 1 amide bonds. The number of hydrogen-bond donors (Lipinski definition) is 0. The highest BCUT2D eigenvalue weighted by Crippen LogP contribution is 2.26. The van der Waals surface area contributed by atoms with Gasteiger partial charge in [0.2, 0.25) is 5.91 Å². The Bertz CT molecular complexity index is 862. The van der Waals surface area contributed by atoms with Gasteiger partial charge < -0.3 is 4.90 Å². The van der Waals surface area contributed by atoms with E-state index in [9.17, 15) is 10.1 Å². The van der Waals surface area contributed by atoms with Crippen LogP contribution in [0.15, 0.2) is 48.5 Å². The first-order valence-electron chi connectivity index (χ1n) is 10.4. The molecule has 1 atom stereocenters. The van der Waals surface area contributed by atoms with Crippen molar-refractivity contribution in [3.8, 4) is 17.2 Å². The number of nitriles is 1. The molecule has 28 heavy (non-hydrogen) atoms. The van der Waals surface area contributed by atoms with Gasteiger partial charge in [-0.2, -0.15) is 5.26 Å². The number of piperidine rings is 1. The summed E-state index contributed by atoms with van der Waals surface area (Å²) in [4.78, 5) is 17.4.